The van der Waals surface area contributed by atoms with Crippen molar-refractivity contribution in [3.05, 3.63) is 35.4 Å². The van der Waals surface area contributed by atoms with E-state index < -0.39 is 0 Å². The van der Waals surface area contributed by atoms with Crippen LogP contribution >= 0.6 is 0 Å². The van der Waals surface area contributed by atoms with E-state index in [1.165, 1.54) is 37.9 Å². The van der Waals surface area contributed by atoms with Crippen molar-refractivity contribution >= 4 is 0 Å². The van der Waals surface area contributed by atoms with Crippen LogP contribution in [0.2, 0.25) is 0 Å². The summed E-state index contributed by atoms with van der Waals surface area (Å²) in [7, 11) is 0. The molecule has 1 aliphatic heterocycles. The largest absolute Gasteiger partial charge is 0.392 e. The quantitative estimate of drug-likeness (QED) is 0.867. The van der Waals surface area contributed by atoms with Gasteiger partial charge in [-0.15, -0.1) is 0 Å². The first kappa shape index (κ1) is 12.6. The number of benzene rings is 1. The molecule has 2 rings (SSSR count). The summed E-state index contributed by atoms with van der Waals surface area (Å²) in [6.45, 7) is 6.01. The van der Waals surface area contributed by atoms with Crippen LogP contribution in [0.3, 0.4) is 0 Å². The molecule has 94 valence electrons. The Kier molecular flexibility index (Phi) is 4.57. The Morgan fingerprint density at radius 3 is 2.53 bits per heavy atom. The topological polar surface area (TPSA) is 23.5 Å². The Labute approximate surface area is 104 Å². The fourth-order valence-electron chi connectivity index (χ4n) is 2.49. The van der Waals surface area contributed by atoms with E-state index in [1.54, 1.807) is 0 Å². The summed E-state index contributed by atoms with van der Waals surface area (Å²) in [6.07, 6.45) is 4.03. The summed E-state index contributed by atoms with van der Waals surface area (Å²) >= 11 is 0. The van der Waals surface area contributed by atoms with Gasteiger partial charge in [-0.05, 0) is 49.4 Å². The molecule has 0 bridgehead atoms. The number of rotatable bonds is 3. The normalized spacial score (nSPS) is 22.4. The summed E-state index contributed by atoms with van der Waals surface area (Å²) in [5.41, 5.74) is 2.36. The first-order chi connectivity index (χ1) is 8.28. The number of aliphatic hydroxyl groups excluding tert-OH is 1. The highest BCUT2D eigenvalue weighted by molar-refractivity contribution is 5.21. The van der Waals surface area contributed by atoms with Gasteiger partial charge in [-0.3, -0.25) is 4.90 Å². The maximum absolute atomic E-state index is 9.01. The Hall–Kier alpha value is -0.860. The lowest BCUT2D eigenvalue weighted by molar-refractivity contribution is 0.273. The highest BCUT2D eigenvalue weighted by Gasteiger charge is 2.13. The van der Waals surface area contributed by atoms with Crippen molar-refractivity contribution in [2.45, 2.75) is 39.3 Å². The van der Waals surface area contributed by atoms with Crippen molar-refractivity contribution in [1.82, 2.24) is 4.90 Å². The van der Waals surface area contributed by atoms with E-state index in [4.69, 9.17) is 5.11 Å². The molecule has 1 N–H and O–H groups in total. The lowest BCUT2D eigenvalue weighted by atomic mass is 10.0. The molecule has 1 heterocycles. The molecule has 0 saturated carbocycles. The second-order valence-electron chi connectivity index (χ2n) is 5.29. The molecule has 0 spiro atoms. The van der Waals surface area contributed by atoms with Gasteiger partial charge in [0.05, 0.1) is 6.61 Å². The molecular formula is C15H23NO. The van der Waals surface area contributed by atoms with Crippen LogP contribution in [0.25, 0.3) is 0 Å². The molecule has 1 fully saturated rings. The second kappa shape index (κ2) is 6.18. The zero-order valence-corrected chi connectivity index (χ0v) is 10.7. The van der Waals surface area contributed by atoms with Crippen molar-refractivity contribution in [3.8, 4) is 0 Å². The fraction of sp³-hybridized carbons (Fsp3) is 0.600. The maximum atomic E-state index is 9.01. The molecule has 2 nitrogen and oxygen atoms in total. The number of hydrogen-bond acceptors (Lipinski definition) is 2. The Balaban J connectivity index is 1.90. The molecule has 1 saturated heterocycles. The zero-order chi connectivity index (χ0) is 12.1. The van der Waals surface area contributed by atoms with Gasteiger partial charge in [0.1, 0.15) is 0 Å². The first-order valence-corrected chi connectivity index (χ1v) is 6.69. The van der Waals surface area contributed by atoms with E-state index in [9.17, 15) is 0 Å². The molecule has 0 aromatic heterocycles. The third kappa shape index (κ3) is 3.83. The fourth-order valence-corrected chi connectivity index (χ4v) is 2.49. The molecule has 0 aliphatic carbocycles. The van der Waals surface area contributed by atoms with Crippen molar-refractivity contribution in [2.75, 3.05) is 13.1 Å². The van der Waals surface area contributed by atoms with Crippen molar-refractivity contribution in [3.63, 3.8) is 0 Å². The van der Waals surface area contributed by atoms with Crippen LogP contribution < -0.4 is 0 Å². The molecule has 1 atom stereocenters. The predicted molar refractivity (Wildman–Crippen MR) is 70.7 cm³/mol. The molecule has 1 aliphatic rings. The van der Waals surface area contributed by atoms with Crippen LogP contribution in [-0.4, -0.2) is 23.1 Å². The third-order valence-electron chi connectivity index (χ3n) is 3.72. The molecule has 1 aromatic rings. The predicted octanol–water partition coefficient (Wildman–Crippen LogP) is 2.80. The maximum Gasteiger partial charge on any atom is 0.0681 e. The first-order valence-electron chi connectivity index (χ1n) is 6.69. The average molecular weight is 233 g/mol. The van der Waals surface area contributed by atoms with Crippen LogP contribution in [0.4, 0.5) is 0 Å². The highest BCUT2D eigenvalue weighted by Crippen LogP contribution is 2.18. The van der Waals surface area contributed by atoms with Crippen LogP contribution in [0.5, 0.6) is 0 Å². The van der Waals surface area contributed by atoms with Gasteiger partial charge in [0.25, 0.3) is 0 Å². The molecule has 0 radical (unpaired) electrons. The molecule has 0 amide bonds. The summed E-state index contributed by atoms with van der Waals surface area (Å²) < 4.78 is 0. The number of hydrogen-bond donors (Lipinski definition) is 1. The van der Waals surface area contributed by atoms with Gasteiger partial charge in [-0.25, -0.2) is 0 Å². The third-order valence-corrected chi connectivity index (χ3v) is 3.72. The summed E-state index contributed by atoms with van der Waals surface area (Å²) in [5.74, 6) is 0.886. The van der Waals surface area contributed by atoms with Crippen LogP contribution in [-0.2, 0) is 13.2 Å². The van der Waals surface area contributed by atoms with Crippen molar-refractivity contribution < 1.29 is 5.11 Å². The molecule has 17 heavy (non-hydrogen) atoms. The minimum Gasteiger partial charge on any atom is -0.392 e. The molecular weight excluding hydrogens is 210 g/mol. The van der Waals surface area contributed by atoms with E-state index in [0.29, 0.717) is 0 Å². The molecule has 2 heteroatoms. The number of likely N-dealkylation sites (tertiary alicyclic amines) is 1. The van der Waals surface area contributed by atoms with E-state index in [-0.39, 0.29) is 6.61 Å². The minimum absolute atomic E-state index is 0.140. The Morgan fingerprint density at radius 2 is 1.82 bits per heavy atom. The number of aliphatic hydroxyl groups is 1. The van der Waals surface area contributed by atoms with E-state index in [2.05, 4.69) is 24.0 Å². The van der Waals surface area contributed by atoms with Gasteiger partial charge >= 0.3 is 0 Å². The van der Waals surface area contributed by atoms with Crippen molar-refractivity contribution in [2.24, 2.45) is 5.92 Å². The van der Waals surface area contributed by atoms with Gasteiger partial charge in [-0.1, -0.05) is 31.2 Å². The van der Waals surface area contributed by atoms with E-state index >= 15 is 0 Å². The van der Waals surface area contributed by atoms with Gasteiger partial charge in [-0.2, -0.15) is 0 Å². The van der Waals surface area contributed by atoms with Gasteiger partial charge < -0.3 is 5.11 Å². The Bertz CT molecular complexity index is 333. The summed E-state index contributed by atoms with van der Waals surface area (Å²) in [4.78, 5) is 2.55. The number of nitrogens with zero attached hydrogens (tertiary/aromatic N) is 1. The zero-order valence-electron chi connectivity index (χ0n) is 10.7. The second-order valence-corrected chi connectivity index (χ2v) is 5.29. The summed E-state index contributed by atoms with van der Waals surface area (Å²) in [5, 5.41) is 9.01. The van der Waals surface area contributed by atoms with E-state index in [0.717, 1.165) is 18.0 Å². The van der Waals surface area contributed by atoms with Crippen LogP contribution in [0, 0.1) is 5.92 Å². The smallest absolute Gasteiger partial charge is 0.0681 e. The van der Waals surface area contributed by atoms with Crippen LogP contribution in [0.15, 0.2) is 24.3 Å². The highest BCUT2D eigenvalue weighted by atomic mass is 16.3. The van der Waals surface area contributed by atoms with E-state index in [1.807, 2.05) is 12.1 Å². The SMILES string of the molecule is CC1CCCN(Cc2ccc(CO)cc2)CC1. The average Bonchev–Trinajstić information content (AvgIpc) is 2.56. The summed E-state index contributed by atoms with van der Waals surface area (Å²) in [6, 6.07) is 8.32. The lowest BCUT2D eigenvalue weighted by Crippen LogP contribution is -2.24. The van der Waals surface area contributed by atoms with Crippen molar-refractivity contribution in [1.29, 1.82) is 0 Å². The van der Waals surface area contributed by atoms with Crippen LogP contribution in [0.1, 0.15) is 37.3 Å². The van der Waals surface area contributed by atoms with Gasteiger partial charge in [0, 0.05) is 6.54 Å². The minimum atomic E-state index is 0.140. The van der Waals surface area contributed by atoms with Gasteiger partial charge in [0.2, 0.25) is 0 Å². The molecule has 1 aromatic carbocycles. The monoisotopic (exact) mass is 233 g/mol. The Morgan fingerprint density at radius 1 is 1.12 bits per heavy atom. The van der Waals surface area contributed by atoms with Gasteiger partial charge in [0.15, 0.2) is 0 Å². The lowest BCUT2D eigenvalue weighted by Gasteiger charge is -2.20. The standard InChI is InChI=1S/C15H23NO/c1-13-3-2-9-16(10-8-13)11-14-4-6-15(12-17)7-5-14/h4-7,13,17H,2-3,8-12H2,1H3. The molecule has 1 unspecified atom stereocenters.